The normalized spacial score (nSPS) is 13.7. The summed E-state index contributed by atoms with van der Waals surface area (Å²) in [5, 5.41) is 20.9. The fraction of sp³-hybridized carbons (Fsp3) is 0.538. The first-order valence-corrected chi connectivity index (χ1v) is 5.95. The van der Waals surface area contributed by atoms with E-state index in [1.165, 1.54) is 6.07 Å². The molecule has 0 bridgehead atoms. The lowest BCUT2D eigenvalue weighted by atomic mass is 9.87. The third-order valence-corrected chi connectivity index (χ3v) is 2.86. The molecule has 0 saturated carbocycles. The van der Waals surface area contributed by atoms with Crippen LogP contribution in [0.3, 0.4) is 0 Å². The smallest absolute Gasteiger partial charge is 0.394 e. The van der Waals surface area contributed by atoms with E-state index in [4.69, 9.17) is 5.26 Å². The molecule has 0 fully saturated rings. The fourth-order valence-electron chi connectivity index (χ4n) is 1.57. The standard InChI is InChI=1S/C13H16F3N3O/c1-12(2,3)10(7-20)19-11-5-4-8(13(14,15)16)9(6-17)18-11/h4-5,10,20H,7H2,1-3H3,(H,18,19)/t10-/m1/s1. The van der Waals surface area contributed by atoms with Crippen LogP contribution >= 0.6 is 0 Å². The average Bonchev–Trinajstić information content (AvgIpc) is 2.32. The largest absolute Gasteiger partial charge is 0.419 e. The number of aromatic nitrogens is 1. The van der Waals surface area contributed by atoms with Crippen LogP contribution in [0.2, 0.25) is 0 Å². The maximum absolute atomic E-state index is 12.6. The van der Waals surface area contributed by atoms with Gasteiger partial charge in [-0.3, -0.25) is 0 Å². The topological polar surface area (TPSA) is 68.9 Å². The summed E-state index contributed by atoms with van der Waals surface area (Å²) in [5.41, 5.74) is -2.07. The minimum absolute atomic E-state index is 0.128. The first-order valence-electron chi connectivity index (χ1n) is 5.95. The quantitative estimate of drug-likeness (QED) is 0.897. The van der Waals surface area contributed by atoms with Gasteiger partial charge in [0.15, 0.2) is 5.69 Å². The molecule has 20 heavy (non-hydrogen) atoms. The minimum Gasteiger partial charge on any atom is -0.394 e. The predicted molar refractivity (Wildman–Crippen MR) is 67.9 cm³/mol. The molecule has 2 N–H and O–H groups in total. The zero-order chi connectivity index (χ0) is 15.6. The van der Waals surface area contributed by atoms with Crippen LogP contribution < -0.4 is 5.32 Å². The lowest BCUT2D eigenvalue weighted by molar-refractivity contribution is -0.138. The van der Waals surface area contributed by atoms with E-state index in [2.05, 4.69) is 10.3 Å². The SMILES string of the molecule is CC(C)(C)[C@@H](CO)Nc1ccc(C(F)(F)F)c(C#N)n1. The van der Waals surface area contributed by atoms with Gasteiger partial charge in [0.05, 0.1) is 18.2 Å². The number of hydrogen-bond acceptors (Lipinski definition) is 4. The number of nitrogens with one attached hydrogen (secondary N) is 1. The number of anilines is 1. The van der Waals surface area contributed by atoms with Gasteiger partial charge in [0.2, 0.25) is 0 Å². The Kier molecular flexibility index (Phi) is 4.61. The Bertz CT molecular complexity index is 515. The highest BCUT2D eigenvalue weighted by molar-refractivity contribution is 5.45. The van der Waals surface area contributed by atoms with E-state index in [9.17, 15) is 18.3 Å². The molecule has 0 aliphatic carbocycles. The van der Waals surface area contributed by atoms with Crippen LogP contribution in [0.1, 0.15) is 32.0 Å². The molecule has 4 nitrogen and oxygen atoms in total. The maximum Gasteiger partial charge on any atom is 0.419 e. The van der Waals surface area contributed by atoms with E-state index in [1.54, 1.807) is 0 Å². The van der Waals surface area contributed by atoms with Gasteiger partial charge in [-0.05, 0) is 17.5 Å². The molecule has 0 unspecified atom stereocenters. The molecule has 110 valence electrons. The summed E-state index contributed by atoms with van der Waals surface area (Å²) >= 11 is 0. The average molecular weight is 287 g/mol. The van der Waals surface area contributed by atoms with Gasteiger partial charge < -0.3 is 10.4 Å². The zero-order valence-corrected chi connectivity index (χ0v) is 11.4. The number of aliphatic hydroxyl groups is 1. The fourth-order valence-corrected chi connectivity index (χ4v) is 1.57. The Morgan fingerprint density at radius 2 is 1.95 bits per heavy atom. The van der Waals surface area contributed by atoms with Gasteiger partial charge in [-0.25, -0.2) is 4.98 Å². The van der Waals surface area contributed by atoms with Gasteiger partial charge in [-0.15, -0.1) is 0 Å². The summed E-state index contributed by atoms with van der Waals surface area (Å²) in [7, 11) is 0. The van der Waals surface area contributed by atoms with E-state index in [-0.39, 0.29) is 17.8 Å². The van der Waals surface area contributed by atoms with Crippen molar-refractivity contribution < 1.29 is 18.3 Å². The molecule has 0 amide bonds. The molecule has 1 atom stereocenters. The number of halogens is 3. The molecule has 1 aromatic heterocycles. The van der Waals surface area contributed by atoms with Crippen LogP contribution in [0.15, 0.2) is 12.1 Å². The second-order valence-corrected chi connectivity index (χ2v) is 5.45. The van der Waals surface area contributed by atoms with Gasteiger partial charge in [-0.2, -0.15) is 18.4 Å². The molecule has 7 heteroatoms. The van der Waals surface area contributed by atoms with Crippen molar-refractivity contribution in [1.82, 2.24) is 4.98 Å². The van der Waals surface area contributed by atoms with Crippen molar-refractivity contribution in [1.29, 1.82) is 5.26 Å². The highest BCUT2D eigenvalue weighted by Gasteiger charge is 2.34. The lowest BCUT2D eigenvalue weighted by Crippen LogP contribution is -2.37. The zero-order valence-electron chi connectivity index (χ0n) is 11.4. The van der Waals surface area contributed by atoms with Gasteiger partial charge in [0, 0.05) is 0 Å². The number of nitriles is 1. The molecule has 1 aromatic rings. The summed E-state index contributed by atoms with van der Waals surface area (Å²) in [4.78, 5) is 3.66. The molecule has 0 aromatic carbocycles. The molecule has 0 radical (unpaired) electrons. The van der Waals surface area contributed by atoms with Gasteiger partial charge in [0.1, 0.15) is 11.9 Å². The first-order chi connectivity index (χ1) is 9.09. The third-order valence-electron chi connectivity index (χ3n) is 2.86. The molecule has 0 aliphatic heterocycles. The number of rotatable bonds is 3. The van der Waals surface area contributed by atoms with E-state index in [0.29, 0.717) is 0 Å². The third kappa shape index (κ3) is 3.84. The summed E-state index contributed by atoms with van der Waals surface area (Å²) in [6, 6.07) is 3.01. The Morgan fingerprint density at radius 3 is 2.35 bits per heavy atom. The molecular formula is C13H16F3N3O. The second-order valence-electron chi connectivity index (χ2n) is 5.45. The van der Waals surface area contributed by atoms with Crippen LogP contribution in [0.4, 0.5) is 19.0 Å². The number of pyridine rings is 1. The van der Waals surface area contributed by atoms with Crippen molar-refractivity contribution >= 4 is 5.82 Å². The Morgan fingerprint density at radius 1 is 1.35 bits per heavy atom. The number of alkyl halides is 3. The highest BCUT2D eigenvalue weighted by atomic mass is 19.4. The van der Waals surface area contributed by atoms with Crippen LogP contribution in [0, 0.1) is 16.7 Å². The van der Waals surface area contributed by atoms with E-state index >= 15 is 0 Å². The second kappa shape index (κ2) is 5.67. The van der Waals surface area contributed by atoms with E-state index in [1.807, 2.05) is 20.8 Å². The van der Waals surface area contributed by atoms with Crippen LogP contribution in [-0.2, 0) is 6.18 Å². The number of hydrogen-bond donors (Lipinski definition) is 2. The molecule has 0 aliphatic rings. The molecule has 1 heterocycles. The number of aliphatic hydroxyl groups excluding tert-OH is 1. The van der Waals surface area contributed by atoms with Gasteiger partial charge in [-0.1, -0.05) is 20.8 Å². The lowest BCUT2D eigenvalue weighted by Gasteiger charge is -2.30. The highest BCUT2D eigenvalue weighted by Crippen LogP contribution is 2.32. The molecule has 0 spiro atoms. The first kappa shape index (κ1) is 16.2. The van der Waals surface area contributed by atoms with Crippen molar-refractivity contribution in [3.63, 3.8) is 0 Å². The minimum atomic E-state index is -4.61. The number of nitrogens with zero attached hydrogens (tertiary/aromatic N) is 2. The van der Waals surface area contributed by atoms with Gasteiger partial charge >= 0.3 is 6.18 Å². The summed E-state index contributed by atoms with van der Waals surface area (Å²) in [5.74, 6) is 0.128. The predicted octanol–water partition coefficient (Wildman–Crippen LogP) is 2.79. The maximum atomic E-state index is 12.6. The monoisotopic (exact) mass is 287 g/mol. The summed E-state index contributed by atoms with van der Waals surface area (Å²) in [6.45, 7) is 5.41. The Hall–Kier alpha value is -1.81. The Balaban J connectivity index is 3.09. The molecule has 1 rings (SSSR count). The van der Waals surface area contributed by atoms with E-state index < -0.39 is 23.5 Å². The van der Waals surface area contributed by atoms with Crippen molar-refractivity contribution in [2.75, 3.05) is 11.9 Å². The van der Waals surface area contributed by atoms with Gasteiger partial charge in [0.25, 0.3) is 0 Å². The van der Waals surface area contributed by atoms with Crippen LogP contribution in [0.5, 0.6) is 0 Å². The van der Waals surface area contributed by atoms with Crippen molar-refractivity contribution in [2.45, 2.75) is 33.0 Å². The van der Waals surface area contributed by atoms with Crippen LogP contribution in [0.25, 0.3) is 0 Å². The van der Waals surface area contributed by atoms with Crippen molar-refractivity contribution in [3.8, 4) is 6.07 Å². The molecular weight excluding hydrogens is 271 g/mol. The van der Waals surface area contributed by atoms with Crippen LogP contribution in [-0.4, -0.2) is 22.7 Å². The summed E-state index contributed by atoms with van der Waals surface area (Å²) < 4.78 is 37.9. The Labute approximate surface area is 115 Å². The summed E-state index contributed by atoms with van der Waals surface area (Å²) in [6.07, 6.45) is -4.61. The molecule has 0 saturated heterocycles. The van der Waals surface area contributed by atoms with Crippen molar-refractivity contribution in [3.05, 3.63) is 23.4 Å². The van der Waals surface area contributed by atoms with E-state index in [0.717, 1.165) is 12.1 Å². The van der Waals surface area contributed by atoms with Crippen molar-refractivity contribution in [2.24, 2.45) is 5.41 Å².